The summed E-state index contributed by atoms with van der Waals surface area (Å²) >= 11 is 0. The average molecular weight is 462 g/mol. The Labute approximate surface area is 192 Å². The second kappa shape index (κ2) is 11.2. The summed E-state index contributed by atoms with van der Waals surface area (Å²) in [5.41, 5.74) is 5.69. The van der Waals surface area contributed by atoms with E-state index in [1.165, 1.54) is 35.1 Å². The van der Waals surface area contributed by atoms with E-state index in [1.54, 1.807) is 0 Å². The maximum atomic E-state index is 9.19. The van der Waals surface area contributed by atoms with Gasteiger partial charge in [-0.3, -0.25) is 4.55 Å². The third-order valence-corrected chi connectivity index (χ3v) is 5.96. The lowest BCUT2D eigenvalue weighted by Gasteiger charge is -2.30. The molecule has 0 saturated heterocycles. The molecular formula is C25H35NO5S. The van der Waals surface area contributed by atoms with Crippen LogP contribution in [0.2, 0.25) is 0 Å². The number of hydrogen-bond acceptors (Lipinski definition) is 5. The molecule has 1 aliphatic heterocycles. The van der Waals surface area contributed by atoms with Crippen molar-refractivity contribution in [2.75, 3.05) is 39.6 Å². The first-order valence-corrected chi connectivity index (χ1v) is 13.2. The van der Waals surface area contributed by atoms with E-state index in [9.17, 15) is 8.42 Å². The predicted octanol–water partition coefficient (Wildman–Crippen LogP) is 4.12. The van der Waals surface area contributed by atoms with Gasteiger partial charge in [0.2, 0.25) is 0 Å². The Morgan fingerprint density at radius 3 is 2.75 bits per heavy atom. The molecule has 0 amide bonds. The smallest absolute Gasteiger partial charge is 0.261 e. The van der Waals surface area contributed by atoms with Crippen molar-refractivity contribution in [3.63, 3.8) is 0 Å². The van der Waals surface area contributed by atoms with Gasteiger partial charge in [-0.05, 0) is 80.0 Å². The van der Waals surface area contributed by atoms with Gasteiger partial charge < -0.3 is 14.4 Å². The zero-order valence-electron chi connectivity index (χ0n) is 19.3. The highest BCUT2D eigenvalue weighted by atomic mass is 32.2. The summed E-state index contributed by atoms with van der Waals surface area (Å²) in [6.45, 7) is 5.84. The second-order valence-corrected chi connectivity index (χ2v) is 10.1. The van der Waals surface area contributed by atoms with Crippen LogP contribution >= 0.6 is 0 Å². The fourth-order valence-electron chi connectivity index (χ4n) is 4.55. The molecule has 0 aromatic heterocycles. The van der Waals surface area contributed by atoms with Crippen LogP contribution in [-0.4, -0.2) is 57.5 Å². The highest BCUT2D eigenvalue weighted by Crippen LogP contribution is 2.37. The van der Waals surface area contributed by atoms with Gasteiger partial charge in [0.25, 0.3) is 10.1 Å². The Hall–Kier alpha value is -2.09. The minimum absolute atomic E-state index is 0.613. The van der Waals surface area contributed by atoms with Crippen LogP contribution in [-0.2, 0) is 29.4 Å². The van der Waals surface area contributed by atoms with Crippen LogP contribution in [0.25, 0.3) is 0 Å². The van der Waals surface area contributed by atoms with E-state index in [-0.39, 0.29) is 0 Å². The molecule has 1 atom stereocenters. The topological polar surface area (TPSA) is 76.1 Å². The number of likely N-dealkylation sites (N-methyl/N-ethyl adjacent to an activating group) is 1. The van der Waals surface area contributed by atoms with Gasteiger partial charge in [-0.15, -0.1) is 0 Å². The molecule has 0 bridgehead atoms. The number of benzene rings is 2. The summed E-state index contributed by atoms with van der Waals surface area (Å²) in [5, 5.41) is 0. The molecule has 7 heteroatoms. The summed E-state index contributed by atoms with van der Waals surface area (Å²) in [4.78, 5) is 2.49. The van der Waals surface area contributed by atoms with E-state index >= 15 is 0 Å². The van der Waals surface area contributed by atoms with E-state index in [2.05, 4.69) is 55.3 Å². The van der Waals surface area contributed by atoms with Crippen LogP contribution in [0.15, 0.2) is 36.4 Å². The van der Waals surface area contributed by atoms with E-state index in [1.807, 2.05) is 0 Å². The van der Waals surface area contributed by atoms with Gasteiger partial charge in [0.15, 0.2) is 0 Å². The van der Waals surface area contributed by atoms with E-state index in [0.717, 1.165) is 57.1 Å². The number of fused-ring (bicyclic) bond motifs is 2. The Morgan fingerprint density at radius 1 is 1.22 bits per heavy atom. The van der Waals surface area contributed by atoms with E-state index < -0.39 is 10.1 Å². The zero-order valence-corrected chi connectivity index (χ0v) is 20.2. The van der Waals surface area contributed by atoms with Gasteiger partial charge in [0.1, 0.15) is 11.5 Å². The van der Waals surface area contributed by atoms with Gasteiger partial charge in [0, 0.05) is 19.5 Å². The SMILES string of the molecule is CCOc1cccc2c1CCC[C@H]2CN(C)CCc1ccc2c(c1)OCC2.CS(=O)(=O)O. The van der Waals surface area contributed by atoms with Crippen molar-refractivity contribution in [2.45, 2.75) is 44.9 Å². The molecule has 2 aromatic carbocycles. The zero-order chi connectivity index (χ0) is 23.1. The third kappa shape index (κ3) is 7.22. The molecule has 6 nitrogen and oxygen atoms in total. The lowest BCUT2D eigenvalue weighted by molar-refractivity contribution is 0.296. The van der Waals surface area contributed by atoms with Gasteiger partial charge in [0.05, 0.1) is 19.5 Å². The number of rotatable bonds is 7. The standard InChI is InChI=1S/C24H31NO2.CH4O3S/c1-3-26-23-9-5-7-21-20(6-4-8-22(21)23)17-25(2)14-12-18-10-11-19-13-15-27-24(19)16-18;1-5(2,3)4/h5,7,9-11,16,20H,3-4,6,8,12-15,17H2,1-2H3;1H3,(H,2,3,4)/t20-;/m0./s1. The molecule has 0 unspecified atom stereocenters. The molecular weight excluding hydrogens is 426 g/mol. The highest BCUT2D eigenvalue weighted by molar-refractivity contribution is 7.85. The van der Waals surface area contributed by atoms with Crippen LogP contribution in [0.1, 0.15) is 47.9 Å². The number of nitrogens with zero attached hydrogens (tertiary/aromatic N) is 1. The fraction of sp³-hybridized carbons (Fsp3) is 0.520. The van der Waals surface area contributed by atoms with Crippen molar-refractivity contribution < 1.29 is 22.4 Å². The van der Waals surface area contributed by atoms with Crippen molar-refractivity contribution in [3.8, 4) is 11.5 Å². The summed E-state index contributed by atoms with van der Waals surface area (Å²) in [5.74, 6) is 2.81. The molecule has 176 valence electrons. The molecule has 0 radical (unpaired) electrons. The quantitative estimate of drug-likeness (QED) is 0.625. The van der Waals surface area contributed by atoms with Crippen LogP contribution < -0.4 is 9.47 Å². The third-order valence-electron chi connectivity index (χ3n) is 5.96. The largest absolute Gasteiger partial charge is 0.494 e. The van der Waals surface area contributed by atoms with Gasteiger partial charge >= 0.3 is 0 Å². The molecule has 32 heavy (non-hydrogen) atoms. The fourth-order valence-corrected chi connectivity index (χ4v) is 4.55. The lowest BCUT2D eigenvalue weighted by Crippen LogP contribution is -2.28. The minimum atomic E-state index is -3.67. The maximum absolute atomic E-state index is 9.19. The highest BCUT2D eigenvalue weighted by Gasteiger charge is 2.24. The summed E-state index contributed by atoms with van der Waals surface area (Å²) < 4.78 is 37.5. The molecule has 1 aliphatic carbocycles. The predicted molar refractivity (Wildman–Crippen MR) is 128 cm³/mol. The molecule has 4 rings (SSSR count). The van der Waals surface area contributed by atoms with Crippen molar-refractivity contribution >= 4 is 10.1 Å². The summed E-state index contributed by atoms with van der Waals surface area (Å²) in [7, 11) is -1.41. The first-order chi connectivity index (χ1) is 15.2. The summed E-state index contributed by atoms with van der Waals surface area (Å²) in [6, 6.07) is 13.3. The molecule has 0 fully saturated rings. The van der Waals surface area contributed by atoms with Crippen LogP contribution in [0.4, 0.5) is 0 Å². The molecule has 1 heterocycles. The molecule has 1 N–H and O–H groups in total. The minimum Gasteiger partial charge on any atom is -0.494 e. The van der Waals surface area contributed by atoms with Gasteiger partial charge in [-0.1, -0.05) is 24.3 Å². The van der Waals surface area contributed by atoms with Gasteiger partial charge in [-0.2, -0.15) is 8.42 Å². The lowest BCUT2D eigenvalue weighted by atomic mass is 9.82. The average Bonchev–Trinajstić information content (AvgIpc) is 3.20. The molecule has 2 aromatic rings. The first-order valence-electron chi connectivity index (χ1n) is 11.3. The van der Waals surface area contributed by atoms with Crippen LogP contribution in [0, 0.1) is 0 Å². The molecule has 0 saturated carbocycles. The Morgan fingerprint density at radius 2 is 2.00 bits per heavy atom. The maximum Gasteiger partial charge on any atom is 0.261 e. The molecule has 0 spiro atoms. The number of hydrogen-bond donors (Lipinski definition) is 1. The van der Waals surface area contributed by atoms with Crippen LogP contribution in [0.3, 0.4) is 0 Å². The van der Waals surface area contributed by atoms with Crippen molar-refractivity contribution in [1.82, 2.24) is 4.90 Å². The van der Waals surface area contributed by atoms with E-state index in [0.29, 0.717) is 12.2 Å². The normalized spacial score (nSPS) is 17.1. The van der Waals surface area contributed by atoms with Gasteiger partial charge in [-0.25, -0.2) is 0 Å². The second-order valence-electron chi connectivity index (χ2n) is 8.63. The number of ether oxygens (including phenoxy) is 2. The molecule has 2 aliphatic rings. The van der Waals surface area contributed by atoms with Crippen LogP contribution in [0.5, 0.6) is 11.5 Å². The Bertz CT molecular complexity index is 997. The van der Waals surface area contributed by atoms with Crippen molar-refractivity contribution in [3.05, 3.63) is 58.7 Å². The van der Waals surface area contributed by atoms with Crippen molar-refractivity contribution in [1.29, 1.82) is 0 Å². The summed E-state index contributed by atoms with van der Waals surface area (Å²) in [6.07, 6.45) is 6.54. The first kappa shape index (κ1) is 24.6. The monoisotopic (exact) mass is 461 g/mol. The van der Waals surface area contributed by atoms with Crippen molar-refractivity contribution in [2.24, 2.45) is 0 Å². The Balaban J connectivity index is 0.000000523. The Kier molecular flexibility index (Phi) is 8.57. The van der Waals surface area contributed by atoms with E-state index in [4.69, 9.17) is 14.0 Å².